The van der Waals surface area contributed by atoms with E-state index < -0.39 is 0 Å². The summed E-state index contributed by atoms with van der Waals surface area (Å²) in [5.41, 5.74) is 3.23. The zero-order valence-corrected chi connectivity index (χ0v) is 16.5. The Morgan fingerprint density at radius 1 is 1.10 bits per heavy atom. The number of aromatic amines is 1. The monoisotopic (exact) mass is 398 g/mol. The summed E-state index contributed by atoms with van der Waals surface area (Å²) in [5.74, 6) is 1.14. The molecule has 30 heavy (non-hydrogen) atoms. The number of pyridine rings is 1. The number of amides is 1. The lowest BCUT2D eigenvalue weighted by Crippen LogP contribution is -2.40. The quantitative estimate of drug-likeness (QED) is 0.568. The maximum Gasteiger partial charge on any atom is 0.255 e. The van der Waals surface area contributed by atoms with Gasteiger partial charge in [-0.1, -0.05) is 18.2 Å². The van der Waals surface area contributed by atoms with Crippen molar-refractivity contribution >= 4 is 16.8 Å². The van der Waals surface area contributed by atoms with E-state index in [4.69, 9.17) is 0 Å². The minimum atomic E-state index is 0.0530. The molecule has 0 aliphatic carbocycles. The van der Waals surface area contributed by atoms with Gasteiger partial charge >= 0.3 is 0 Å². The zero-order valence-electron chi connectivity index (χ0n) is 16.5. The van der Waals surface area contributed by atoms with E-state index in [0.717, 1.165) is 54.6 Å². The summed E-state index contributed by atoms with van der Waals surface area (Å²) in [6.45, 7) is 1.51. The van der Waals surface area contributed by atoms with Crippen LogP contribution in [0.4, 0.5) is 0 Å². The second-order valence-electron chi connectivity index (χ2n) is 7.71. The molecule has 1 aliphatic heterocycles. The SMILES string of the molecule is O=C(c1cnc2ccccc2c1)N1CCC[C@H](Cc2cnc(-c3ncc[nH]3)cn2)C1. The molecule has 3 aromatic heterocycles. The fourth-order valence-electron chi connectivity index (χ4n) is 4.07. The maximum absolute atomic E-state index is 13.1. The van der Waals surface area contributed by atoms with Gasteiger partial charge in [-0.25, -0.2) is 9.97 Å². The predicted molar refractivity (Wildman–Crippen MR) is 114 cm³/mol. The molecule has 1 atom stereocenters. The zero-order chi connectivity index (χ0) is 20.3. The first-order chi connectivity index (χ1) is 14.8. The van der Waals surface area contributed by atoms with Crippen molar-refractivity contribution in [1.82, 2.24) is 29.8 Å². The molecule has 0 radical (unpaired) electrons. The summed E-state index contributed by atoms with van der Waals surface area (Å²) in [4.78, 5) is 35.7. The normalized spacial score (nSPS) is 16.7. The molecule has 7 heteroatoms. The summed E-state index contributed by atoms with van der Waals surface area (Å²) in [7, 11) is 0. The molecule has 150 valence electrons. The Labute approximate surface area is 174 Å². The van der Waals surface area contributed by atoms with E-state index in [1.54, 1.807) is 24.8 Å². The number of hydrogen-bond donors (Lipinski definition) is 1. The van der Waals surface area contributed by atoms with E-state index in [1.807, 2.05) is 41.4 Å². The average molecular weight is 398 g/mol. The molecule has 0 spiro atoms. The Balaban J connectivity index is 1.26. The third kappa shape index (κ3) is 3.78. The van der Waals surface area contributed by atoms with Gasteiger partial charge in [0.2, 0.25) is 0 Å². The molecular weight excluding hydrogens is 376 g/mol. The van der Waals surface area contributed by atoms with Crippen molar-refractivity contribution in [1.29, 1.82) is 0 Å². The molecule has 0 unspecified atom stereocenters. The van der Waals surface area contributed by atoms with Crippen LogP contribution in [0, 0.1) is 5.92 Å². The highest BCUT2D eigenvalue weighted by molar-refractivity contribution is 5.97. The Bertz CT molecular complexity index is 1160. The fraction of sp³-hybridized carbons (Fsp3) is 0.261. The summed E-state index contributed by atoms with van der Waals surface area (Å²) in [6, 6.07) is 9.80. The summed E-state index contributed by atoms with van der Waals surface area (Å²) < 4.78 is 0. The van der Waals surface area contributed by atoms with E-state index in [2.05, 4.69) is 24.9 Å². The fourth-order valence-corrected chi connectivity index (χ4v) is 4.07. The Morgan fingerprint density at radius 2 is 2.03 bits per heavy atom. The van der Waals surface area contributed by atoms with E-state index in [-0.39, 0.29) is 5.91 Å². The highest BCUT2D eigenvalue weighted by Crippen LogP contribution is 2.23. The molecule has 1 saturated heterocycles. The molecule has 0 bridgehead atoms. The predicted octanol–water partition coefficient (Wildman–Crippen LogP) is 3.51. The van der Waals surface area contributed by atoms with Crippen molar-refractivity contribution in [2.45, 2.75) is 19.3 Å². The number of aromatic nitrogens is 5. The van der Waals surface area contributed by atoms with Crippen molar-refractivity contribution in [2.75, 3.05) is 13.1 Å². The summed E-state index contributed by atoms with van der Waals surface area (Å²) in [6.07, 6.45) is 11.6. The average Bonchev–Trinajstić information content (AvgIpc) is 3.34. The van der Waals surface area contributed by atoms with Gasteiger partial charge < -0.3 is 9.88 Å². The lowest BCUT2D eigenvalue weighted by atomic mass is 9.93. The summed E-state index contributed by atoms with van der Waals surface area (Å²) in [5, 5.41) is 0.990. The highest BCUT2D eigenvalue weighted by Gasteiger charge is 2.25. The minimum Gasteiger partial charge on any atom is -0.343 e. The number of nitrogens with zero attached hydrogens (tertiary/aromatic N) is 5. The van der Waals surface area contributed by atoms with Crippen LogP contribution in [0.25, 0.3) is 22.4 Å². The second-order valence-corrected chi connectivity index (χ2v) is 7.71. The number of nitrogens with one attached hydrogen (secondary N) is 1. The van der Waals surface area contributed by atoms with E-state index in [1.165, 1.54) is 0 Å². The first-order valence-electron chi connectivity index (χ1n) is 10.2. The van der Waals surface area contributed by atoms with Crippen LogP contribution in [0.3, 0.4) is 0 Å². The number of imidazole rings is 1. The van der Waals surface area contributed by atoms with Crippen LogP contribution in [-0.4, -0.2) is 48.8 Å². The first-order valence-corrected chi connectivity index (χ1v) is 10.2. The van der Waals surface area contributed by atoms with Crippen molar-refractivity contribution in [3.05, 3.63) is 72.6 Å². The first kappa shape index (κ1) is 18.4. The van der Waals surface area contributed by atoms with Gasteiger partial charge in [0.05, 0.1) is 23.0 Å². The van der Waals surface area contributed by atoms with Gasteiger partial charge in [-0.15, -0.1) is 0 Å². The topological polar surface area (TPSA) is 87.7 Å². The molecule has 4 aromatic rings. The molecule has 1 N–H and O–H groups in total. The van der Waals surface area contributed by atoms with Gasteiger partial charge in [0.15, 0.2) is 5.82 Å². The highest BCUT2D eigenvalue weighted by atomic mass is 16.2. The lowest BCUT2D eigenvalue weighted by molar-refractivity contribution is 0.0672. The number of rotatable bonds is 4. The molecular formula is C23H22N6O. The standard InChI is InChI=1S/C23H22N6O/c30-23(18-11-17-5-1-2-6-20(17)27-12-18)29-9-3-4-16(15-29)10-19-13-28-21(14-26-19)22-24-7-8-25-22/h1-2,5-8,11-14,16H,3-4,9-10,15H2,(H,24,25)/t16-/m1/s1. The third-order valence-corrected chi connectivity index (χ3v) is 5.59. The smallest absolute Gasteiger partial charge is 0.255 e. The number of fused-ring (bicyclic) bond motifs is 1. The number of para-hydroxylation sites is 1. The van der Waals surface area contributed by atoms with Crippen LogP contribution in [0.15, 0.2) is 61.3 Å². The second kappa shape index (κ2) is 8.02. The van der Waals surface area contributed by atoms with Crippen LogP contribution in [0.2, 0.25) is 0 Å². The minimum absolute atomic E-state index is 0.0530. The third-order valence-electron chi connectivity index (χ3n) is 5.59. The molecule has 4 heterocycles. The molecule has 1 fully saturated rings. The number of carbonyl (C=O) groups is 1. The molecule has 1 amide bonds. The maximum atomic E-state index is 13.1. The Kier molecular flexibility index (Phi) is 4.93. The largest absolute Gasteiger partial charge is 0.343 e. The Morgan fingerprint density at radius 3 is 2.87 bits per heavy atom. The van der Waals surface area contributed by atoms with Crippen LogP contribution in [0.1, 0.15) is 28.9 Å². The van der Waals surface area contributed by atoms with Crippen LogP contribution >= 0.6 is 0 Å². The molecule has 1 aromatic carbocycles. The van der Waals surface area contributed by atoms with E-state index >= 15 is 0 Å². The number of likely N-dealkylation sites (tertiary alicyclic amines) is 1. The summed E-state index contributed by atoms with van der Waals surface area (Å²) >= 11 is 0. The van der Waals surface area contributed by atoms with Gasteiger partial charge in [-0.05, 0) is 37.3 Å². The number of piperidine rings is 1. The van der Waals surface area contributed by atoms with Crippen molar-refractivity contribution < 1.29 is 4.79 Å². The van der Waals surface area contributed by atoms with E-state index in [0.29, 0.717) is 17.3 Å². The van der Waals surface area contributed by atoms with Gasteiger partial charge in [-0.3, -0.25) is 14.8 Å². The molecule has 0 saturated carbocycles. The van der Waals surface area contributed by atoms with E-state index in [9.17, 15) is 4.79 Å². The van der Waals surface area contributed by atoms with Gasteiger partial charge in [0.1, 0.15) is 5.69 Å². The van der Waals surface area contributed by atoms with Gasteiger partial charge in [0, 0.05) is 43.3 Å². The van der Waals surface area contributed by atoms with Crippen molar-refractivity contribution in [3.63, 3.8) is 0 Å². The molecule has 5 rings (SSSR count). The Hall–Kier alpha value is -3.61. The van der Waals surface area contributed by atoms with Crippen LogP contribution in [-0.2, 0) is 6.42 Å². The number of benzene rings is 1. The molecule has 1 aliphatic rings. The molecule has 7 nitrogen and oxygen atoms in total. The van der Waals surface area contributed by atoms with Crippen LogP contribution in [0.5, 0.6) is 0 Å². The lowest BCUT2D eigenvalue weighted by Gasteiger charge is -2.32. The van der Waals surface area contributed by atoms with Gasteiger partial charge in [-0.2, -0.15) is 0 Å². The number of hydrogen-bond acceptors (Lipinski definition) is 5. The number of carbonyl (C=O) groups excluding carboxylic acids is 1. The number of H-pyrrole nitrogens is 1. The van der Waals surface area contributed by atoms with Crippen molar-refractivity contribution in [3.8, 4) is 11.5 Å². The van der Waals surface area contributed by atoms with Crippen molar-refractivity contribution in [2.24, 2.45) is 5.92 Å². The van der Waals surface area contributed by atoms with Crippen LogP contribution < -0.4 is 0 Å². The van der Waals surface area contributed by atoms with Gasteiger partial charge in [0.25, 0.3) is 5.91 Å².